The van der Waals surface area contributed by atoms with E-state index in [1.807, 2.05) is 12.1 Å². The van der Waals surface area contributed by atoms with E-state index in [-0.39, 0.29) is 5.82 Å². The van der Waals surface area contributed by atoms with E-state index in [1.165, 1.54) is 23.3 Å². The van der Waals surface area contributed by atoms with Crippen molar-refractivity contribution in [3.8, 4) is 0 Å². The molecule has 0 bridgehead atoms. The first-order valence-corrected chi connectivity index (χ1v) is 6.80. The monoisotopic (exact) mass is 273 g/mol. The largest absolute Gasteiger partial charge is 0.380 e. The van der Waals surface area contributed by atoms with Crippen LogP contribution in [0.25, 0.3) is 0 Å². The van der Waals surface area contributed by atoms with Gasteiger partial charge in [0.15, 0.2) is 0 Å². The number of nitrogens with one attached hydrogen (secondary N) is 1. The summed E-state index contributed by atoms with van der Waals surface area (Å²) >= 11 is 0. The van der Waals surface area contributed by atoms with Gasteiger partial charge in [0.2, 0.25) is 0 Å². The molecule has 0 amide bonds. The second-order valence-electron chi connectivity index (χ2n) is 4.80. The molecule has 0 radical (unpaired) electrons. The highest BCUT2D eigenvalue weighted by atomic mass is 19.1. The topological polar surface area (TPSA) is 21.3 Å². The van der Waals surface area contributed by atoms with Crippen LogP contribution < -0.4 is 5.32 Å². The molecule has 0 aliphatic heterocycles. The van der Waals surface area contributed by atoms with Crippen LogP contribution in [0, 0.1) is 5.82 Å². The van der Waals surface area contributed by atoms with Gasteiger partial charge in [0.25, 0.3) is 0 Å². The smallest absolute Gasteiger partial charge is 0.123 e. The number of hydrogen-bond acceptors (Lipinski definition) is 2. The molecule has 0 aliphatic carbocycles. The Labute approximate surface area is 119 Å². The van der Waals surface area contributed by atoms with Crippen LogP contribution in [0.5, 0.6) is 0 Å². The summed E-state index contributed by atoms with van der Waals surface area (Å²) in [6, 6.07) is 15.1. The van der Waals surface area contributed by atoms with Gasteiger partial charge in [-0.1, -0.05) is 36.4 Å². The third-order valence-corrected chi connectivity index (χ3v) is 3.17. The van der Waals surface area contributed by atoms with Crippen molar-refractivity contribution >= 4 is 0 Å². The maximum absolute atomic E-state index is 12.8. The van der Waals surface area contributed by atoms with Crippen LogP contribution in [-0.4, -0.2) is 13.7 Å². The maximum atomic E-state index is 12.8. The zero-order chi connectivity index (χ0) is 14.2. The zero-order valence-electron chi connectivity index (χ0n) is 11.7. The van der Waals surface area contributed by atoms with Gasteiger partial charge >= 0.3 is 0 Å². The lowest BCUT2D eigenvalue weighted by Gasteiger charge is -2.06. The van der Waals surface area contributed by atoms with Crippen LogP contribution >= 0.6 is 0 Å². The minimum Gasteiger partial charge on any atom is -0.380 e. The van der Waals surface area contributed by atoms with Gasteiger partial charge in [-0.2, -0.15) is 0 Å². The highest BCUT2D eigenvalue weighted by Gasteiger charge is 1.96. The molecule has 0 heterocycles. The van der Waals surface area contributed by atoms with Gasteiger partial charge in [0.1, 0.15) is 5.82 Å². The Morgan fingerprint density at radius 3 is 2.15 bits per heavy atom. The molecular weight excluding hydrogens is 253 g/mol. The second kappa shape index (κ2) is 7.78. The lowest BCUT2D eigenvalue weighted by Crippen LogP contribution is -2.16. The van der Waals surface area contributed by atoms with Gasteiger partial charge in [0, 0.05) is 13.7 Å². The Bertz CT molecular complexity index is 508. The van der Waals surface area contributed by atoms with E-state index >= 15 is 0 Å². The van der Waals surface area contributed by atoms with Crippen LogP contribution in [0.4, 0.5) is 4.39 Å². The van der Waals surface area contributed by atoms with E-state index < -0.39 is 0 Å². The van der Waals surface area contributed by atoms with E-state index in [4.69, 9.17) is 4.74 Å². The highest BCUT2D eigenvalue weighted by Crippen LogP contribution is 2.06. The number of benzene rings is 2. The summed E-state index contributed by atoms with van der Waals surface area (Å²) in [5.74, 6) is -0.183. The van der Waals surface area contributed by atoms with Crippen molar-refractivity contribution in [2.24, 2.45) is 0 Å². The SMILES string of the molecule is COCc1ccc(CNCCc2ccc(F)cc2)cc1. The van der Waals surface area contributed by atoms with Crippen molar-refractivity contribution in [2.75, 3.05) is 13.7 Å². The van der Waals surface area contributed by atoms with E-state index in [0.717, 1.165) is 25.1 Å². The van der Waals surface area contributed by atoms with Gasteiger partial charge in [-0.15, -0.1) is 0 Å². The maximum Gasteiger partial charge on any atom is 0.123 e. The first-order valence-electron chi connectivity index (χ1n) is 6.80. The van der Waals surface area contributed by atoms with Crippen molar-refractivity contribution in [1.82, 2.24) is 5.32 Å². The average Bonchev–Trinajstić information content (AvgIpc) is 2.47. The standard InChI is InChI=1S/C17H20FNO/c1-20-13-16-4-2-15(3-5-16)12-19-11-10-14-6-8-17(18)9-7-14/h2-9,19H,10-13H2,1H3. The Morgan fingerprint density at radius 2 is 1.50 bits per heavy atom. The molecule has 2 aromatic rings. The summed E-state index contributed by atoms with van der Waals surface area (Å²) in [6.07, 6.45) is 0.905. The number of ether oxygens (including phenoxy) is 1. The molecule has 0 aromatic heterocycles. The summed E-state index contributed by atoms with van der Waals surface area (Å²) < 4.78 is 17.8. The van der Waals surface area contributed by atoms with Crippen molar-refractivity contribution < 1.29 is 9.13 Å². The van der Waals surface area contributed by atoms with Gasteiger partial charge in [-0.3, -0.25) is 0 Å². The Balaban J connectivity index is 1.71. The van der Waals surface area contributed by atoms with Crippen LogP contribution in [0.3, 0.4) is 0 Å². The number of hydrogen-bond donors (Lipinski definition) is 1. The van der Waals surface area contributed by atoms with Gasteiger partial charge < -0.3 is 10.1 Å². The summed E-state index contributed by atoms with van der Waals surface area (Å²) in [5.41, 5.74) is 3.58. The summed E-state index contributed by atoms with van der Waals surface area (Å²) in [6.45, 7) is 2.37. The fourth-order valence-electron chi connectivity index (χ4n) is 2.04. The van der Waals surface area contributed by atoms with Crippen molar-refractivity contribution in [1.29, 1.82) is 0 Å². The van der Waals surface area contributed by atoms with Gasteiger partial charge in [-0.25, -0.2) is 4.39 Å². The van der Waals surface area contributed by atoms with Gasteiger partial charge in [-0.05, 0) is 41.8 Å². The number of methoxy groups -OCH3 is 1. The fourth-order valence-corrected chi connectivity index (χ4v) is 2.04. The molecule has 106 valence electrons. The molecular formula is C17H20FNO. The molecule has 0 atom stereocenters. The minimum absolute atomic E-state index is 0.183. The first-order chi connectivity index (χ1) is 9.78. The molecule has 20 heavy (non-hydrogen) atoms. The molecule has 2 rings (SSSR count). The van der Waals surface area contributed by atoms with Crippen molar-refractivity contribution in [3.05, 3.63) is 71.0 Å². The Morgan fingerprint density at radius 1 is 0.900 bits per heavy atom. The average molecular weight is 273 g/mol. The lowest BCUT2D eigenvalue weighted by molar-refractivity contribution is 0.185. The third-order valence-electron chi connectivity index (χ3n) is 3.17. The molecule has 0 saturated heterocycles. The van der Waals surface area contributed by atoms with E-state index in [1.54, 1.807) is 7.11 Å². The number of halogens is 1. The molecule has 3 heteroatoms. The van der Waals surface area contributed by atoms with Crippen molar-refractivity contribution in [2.45, 2.75) is 19.6 Å². The molecule has 0 saturated carbocycles. The molecule has 0 fully saturated rings. The van der Waals surface area contributed by atoms with E-state index in [9.17, 15) is 4.39 Å². The summed E-state index contributed by atoms with van der Waals surface area (Å²) in [4.78, 5) is 0. The molecule has 2 aromatic carbocycles. The molecule has 0 aliphatic rings. The van der Waals surface area contributed by atoms with Crippen LogP contribution in [-0.2, 0) is 24.3 Å². The van der Waals surface area contributed by atoms with Crippen LogP contribution in [0.15, 0.2) is 48.5 Å². The lowest BCUT2D eigenvalue weighted by atomic mass is 10.1. The first kappa shape index (κ1) is 14.7. The Kier molecular flexibility index (Phi) is 5.71. The number of rotatable bonds is 7. The highest BCUT2D eigenvalue weighted by molar-refractivity contribution is 5.22. The minimum atomic E-state index is -0.183. The molecule has 0 unspecified atom stereocenters. The molecule has 1 N–H and O–H groups in total. The van der Waals surface area contributed by atoms with E-state index in [0.29, 0.717) is 6.61 Å². The summed E-state index contributed by atoms with van der Waals surface area (Å²) in [5, 5.41) is 3.39. The third kappa shape index (κ3) is 4.76. The molecule has 0 spiro atoms. The van der Waals surface area contributed by atoms with Gasteiger partial charge in [0.05, 0.1) is 6.61 Å². The predicted molar refractivity (Wildman–Crippen MR) is 79.0 cm³/mol. The Hall–Kier alpha value is -1.71. The van der Waals surface area contributed by atoms with E-state index in [2.05, 4.69) is 29.6 Å². The quantitative estimate of drug-likeness (QED) is 0.782. The summed E-state index contributed by atoms with van der Waals surface area (Å²) in [7, 11) is 1.70. The predicted octanol–water partition coefficient (Wildman–Crippen LogP) is 3.30. The van der Waals surface area contributed by atoms with Crippen LogP contribution in [0.2, 0.25) is 0 Å². The zero-order valence-corrected chi connectivity index (χ0v) is 11.7. The fraction of sp³-hybridized carbons (Fsp3) is 0.294. The van der Waals surface area contributed by atoms with Crippen molar-refractivity contribution in [3.63, 3.8) is 0 Å². The normalized spacial score (nSPS) is 10.7. The molecule has 2 nitrogen and oxygen atoms in total. The van der Waals surface area contributed by atoms with Crippen LogP contribution in [0.1, 0.15) is 16.7 Å². The second-order valence-corrected chi connectivity index (χ2v) is 4.80.